The van der Waals surface area contributed by atoms with E-state index in [0.29, 0.717) is 5.92 Å². The van der Waals surface area contributed by atoms with Crippen molar-refractivity contribution in [1.29, 1.82) is 0 Å². The van der Waals surface area contributed by atoms with Crippen LogP contribution in [0.4, 0.5) is 8.78 Å². The number of hydrogen-bond donors (Lipinski definition) is 0. The van der Waals surface area contributed by atoms with Gasteiger partial charge in [0.05, 0.1) is 0 Å². The molecule has 1 heterocycles. The van der Waals surface area contributed by atoms with E-state index in [1.54, 1.807) is 0 Å². The standard InChI is InChI=1S/C11H19F2N/c1-9(2)5-14-4-3-10(8-14)6-11(12,13)7-10/h9H,3-8H2,1-2H3. The highest BCUT2D eigenvalue weighted by molar-refractivity contribution is 5.04. The highest BCUT2D eigenvalue weighted by atomic mass is 19.3. The zero-order chi connectivity index (χ0) is 10.4. The van der Waals surface area contributed by atoms with E-state index in [1.165, 1.54) is 0 Å². The van der Waals surface area contributed by atoms with Crippen molar-refractivity contribution in [3.8, 4) is 0 Å². The molecule has 0 unspecified atom stereocenters. The van der Waals surface area contributed by atoms with Crippen LogP contribution in [0.5, 0.6) is 0 Å². The van der Waals surface area contributed by atoms with Crippen LogP contribution in [-0.4, -0.2) is 30.5 Å². The molecule has 1 spiro atoms. The number of rotatable bonds is 2. The first kappa shape index (κ1) is 10.3. The maximum absolute atomic E-state index is 12.8. The molecule has 0 aromatic carbocycles. The summed E-state index contributed by atoms with van der Waals surface area (Å²) in [6.45, 7) is 7.35. The van der Waals surface area contributed by atoms with Crippen LogP contribution in [0.3, 0.4) is 0 Å². The van der Waals surface area contributed by atoms with E-state index in [1.807, 2.05) is 0 Å². The van der Waals surface area contributed by atoms with Crippen LogP contribution in [0.25, 0.3) is 0 Å². The number of likely N-dealkylation sites (tertiary alicyclic amines) is 1. The normalized spacial score (nSPS) is 29.8. The molecule has 14 heavy (non-hydrogen) atoms. The van der Waals surface area contributed by atoms with Gasteiger partial charge >= 0.3 is 0 Å². The number of nitrogens with zero attached hydrogens (tertiary/aromatic N) is 1. The van der Waals surface area contributed by atoms with Gasteiger partial charge in [-0.05, 0) is 24.3 Å². The molecule has 0 aromatic rings. The second kappa shape index (κ2) is 3.16. The second-order valence-corrected chi connectivity index (χ2v) is 5.59. The lowest BCUT2D eigenvalue weighted by Gasteiger charge is -2.44. The maximum Gasteiger partial charge on any atom is 0.249 e. The Kier molecular flexibility index (Phi) is 2.33. The van der Waals surface area contributed by atoms with Gasteiger partial charge in [-0.3, -0.25) is 0 Å². The molecule has 1 saturated heterocycles. The highest BCUT2D eigenvalue weighted by Gasteiger charge is 2.58. The molecule has 1 saturated carbocycles. The van der Waals surface area contributed by atoms with Crippen LogP contribution < -0.4 is 0 Å². The van der Waals surface area contributed by atoms with Crippen LogP contribution in [0.2, 0.25) is 0 Å². The Morgan fingerprint density at radius 3 is 2.43 bits per heavy atom. The summed E-state index contributed by atoms with van der Waals surface area (Å²) in [4.78, 5) is 2.35. The van der Waals surface area contributed by atoms with Gasteiger partial charge in [-0.25, -0.2) is 8.78 Å². The quantitative estimate of drug-likeness (QED) is 0.667. The van der Waals surface area contributed by atoms with E-state index < -0.39 is 5.92 Å². The van der Waals surface area contributed by atoms with Crippen molar-refractivity contribution in [1.82, 2.24) is 4.90 Å². The van der Waals surface area contributed by atoms with Gasteiger partial charge in [-0.2, -0.15) is 0 Å². The van der Waals surface area contributed by atoms with Crippen molar-refractivity contribution < 1.29 is 8.78 Å². The molecule has 82 valence electrons. The minimum atomic E-state index is -2.35. The summed E-state index contributed by atoms with van der Waals surface area (Å²) in [7, 11) is 0. The van der Waals surface area contributed by atoms with Gasteiger partial charge in [0.2, 0.25) is 5.92 Å². The fourth-order valence-corrected chi connectivity index (χ4v) is 3.03. The van der Waals surface area contributed by atoms with E-state index in [2.05, 4.69) is 18.7 Å². The molecule has 1 nitrogen and oxygen atoms in total. The van der Waals surface area contributed by atoms with E-state index in [0.717, 1.165) is 26.1 Å². The average Bonchev–Trinajstić information content (AvgIpc) is 2.28. The van der Waals surface area contributed by atoms with Crippen molar-refractivity contribution in [2.75, 3.05) is 19.6 Å². The maximum atomic E-state index is 12.8. The van der Waals surface area contributed by atoms with Crippen molar-refractivity contribution in [3.05, 3.63) is 0 Å². The molecule has 2 fully saturated rings. The van der Waals surface area contributed by atoms with Crippen molar-refractivity contribution in [2.24, 2.45) is 11.3 Å². The van der Waals surface area contributed by atoms with Crippen LogP contribution in [0.1, 0.15) is 33.1 Å². The first-order valence-corrected chi connectivity index (χ1v) is 5.51. The Morgan fingerprint density at radius 1 is 1.29 bits per heavy atom. The lowest BCUT2D eigenvalue weighted by Crippen LogP contribution is -2.47. The first-order chi connectivity index (χ1) is 6.41. The molecule has 1 aliphatic carbocycles. The van der Waals surface area contributed by atoms with Crippen LogP contribution in [0.15, 0.2) is 0 Å². The second-order valence-electron chi connectivity index (χ2n) is 5.59. The van der Waals surface area contributed by atoms with E-state index in [9.17, 15) is 8.78 Å². The van der Waals surface area contributed by atoms with Gasteiger partial charge in [0.25, 0.3) is 0 Å². The number of halogens is 2. The summed E-state index contributed by atoms with van der Waals surface area (Å²) in [6, 6.07) is 0. The van der Waals surface area contributed by atoms with Gasteiger partial charge in [0.15, 0.2) is 0 Å². The molecule has 3 heteroatoms. The fraction of sp³-hybridized carbons (Fsp3) is 1.00. The van der Waals surface area contributed by atoms with E-state index in [4.69, 9.17) is 0 Å². The molecule has 0 aromatic heterocycles. The summed E-state index contributed by atoms with van der Waals surface area (Å²) < 4.78 is 25.6. The Hall–Kier alpha value is -0.180. The molecule has 0 radical (unpaired) electrons. The zero-order valence-corrected chi connectivity index (χ0v) is 9.02. The minimum absolute atomic E-state index is 0.0155. The van der Waals surface area contributed by atoms with Crippen molar-refractivity contribution >= 4 is 0 Å². The van der Waals surface area contributed by atoms with Crippen molar-refractivity contribution in [3.63, 3.8) is 0 Å². The zero-order valence-electron chi connectivity index (χ0n) is 9.02. The number of alkyl halides is 2. The third-order valence-electron chi connectivity index (χ3n) is 3.41. The topological polar surface area (TPSA) is 3.24 Å². The van der Waals surface area contributed by atoms with Crippen molar-refractivity contribution in [2.45, 2.75) is 39.0 Å². The van der Waals surface area contributed by atoms with Crippen LogP contribution >= 0.6 is 0 Å². The summed E-state index contributed by atoms with van der Waals surface area (Å²) in [5.74, 6) is -1.71. The van der Waals surface area contributed by atoms with Gasteiger partial charge < -0.3 is 4.90 Å². The fourth-order valence-electron chi connectivity index (χ4n) is 3.03. The molecule has 1 aliphatic heterocycles. The summed E-state index contributed by atoms with van der Waals surface area (Å²) in [5, 5.41) is 0. The predicted octanol–water partition coefficient (Wildman–Crippen LogP) is 2.76. The highest BCUT2D eigenvalue weighted by Crippen LogP contribution is 2.56. The van der Waals surface area contributed by atoms with Gasteiger partial charge in [-0.1, -0.05) is 13.8 Å². The van der Waals surface area contributed by atoms with Crippen LogP contribution in [-0.2, 0) is 0 Å². The molecule has 0 N–H and O–H groups in total. The minimum Gasteiger partial charge on any atom is -0.303 e. The molecular formula is C11H19F2N. The Labute approximate surface area is 84.5 Å². The Bertz CT molecular complexity index is 217. The molecule has 2 aliphatic rings. The van der Waals surface area contributed by atoms with Gasteiger partial charge in [-0.15, -0.1) is 0 Å². The molecule has 0 atom stereocenters. The van der Waals surface area contributed by atoms with E-state index in [-0.39, 0.29) is 18.3 Å². The van der Waals surface area contributed by atoms with Gasteiger partial charge in [0, 0.05) is 25.9 Å². The smallest absolute Gasteiger partial charge is 0.249 e. The Morgan fingerprint density at radius 2 is 1.93 bits per heavy atom. The SMILES string of the molecule is CC(C)CN1CCC2(C1)CC(F)(F)C2. The largest absolute Gasteiger partial charge is 0.303 e. The molecular weight excluding hydrogens is 184 g/mol. The third kappa shape index (κ3) is 1.92. The van der Waals surface area contributed by atoms with Crippen LogP contribution in [0, 0.1) is 11.3 Å². The number of hydrogen-bond acceptors (Lipinski definition) is 1. The average molecular weight is 203 g/mol. The first-order valence-electron chi connectivity index (χ1n) is 5.51. The lowest BCUT2D eigenvalue weighted by atomic mass is 9.65. The monoisotopic (exact) mass is 203 g/mol. The molecule has 0 bridgehead atoms. The molecule has 2 rings (SSSR count). The Balaban J connectivity index is 1.84. The summed E-state index contributed by atoms with van der Waals surface area (Å²) in [5.41, 5.74) is -0.0155. The summed E-state index contributed by atoms with van der Waals surface area (Å²) >= 11 is 0. The summed E-state index contributed by atoms with van der Waals surface area (Å²) in [6.07, 6.45) is 1.25. The molecule has 0 amide bonds. The third-order valence-corrected chi connectivity index (χ3v) is 3.41. The van der Waals surface area contributed by atoms with Gasteiger partial charge in [0.1, 0.15) is 0 Å². The van der Waals surface area contributed by atoms with E-state index >= 15 is 0 Å². The predicted molar refractivity (Wildman–Crippen MR) is 52.5 cm³/mol. The lowest BCUT2D eigenvalue weighted by molar-refractivity contribution is -0.155.